The van der Waals surface area contributed by atoms with E-state index < -0.39 is 11.9 Å². The summed E-state index contributed by atoms with van der Waals surface area (Å²) in [4.78, 5) is 25.7. The maximum atomic E-state index is 13.1. The van der Waals surface area contributed by atoms with E-state index in [1.54, 1.807) is 0 Å². The first-order valence-electron chi connectivity index (χ1n) is 10.5. The number of carbonyl (C=O) groups is 2. The predicted octanol–water partition coefficient (Wildman–Crippen LogP) is 5.23. The first kappa shape index (κ1) is 20.7. The van der Waals surface area contributed by atoms with E-state index in [0.29, 0.717) is 11.5 Å². The van der Waals surface area contributed by atoms with Gasteiger partial charge in [-0.25, -0.2) is 0 Å². The van der Waals surface area contributed by atoms with Gasteiger partial charge in [-0.15, -0.1) is 0 Å². The van der Waals surface area contributed by atoms with Crippen molar-refractivity contribution in [2.75, 3.05) is 11.9 Å². The SMILES string of the molecule is CCc1cccc(CC)c1NC(=O)COC(=O)C1c2ccccc2Oc2ccccc21. The van der Waals surface area contributed by atoms with E-state index >= 15 is 0 Å². The van der Waals surface area contributed by atoms with Gasteiger partial charge in [-0.1, -0.05) is 68.4 Å². The van der Waals surface area contributed by atoms with E-state index in [-0.39, 0.29) is 12.5 Å². The molecule has 0 spiro atoms. The molecule has 158 valence electrons. The van der Waals surface area contributed by atoms with Crippen molar-refractivity contribution >= 4 is 17.6 Å². The van der Waals surface area contributed by atoms with Gasteiger partial charge in [0.25, 0.3) is 5.91 Å². The number of aryl methyl sites for hydroxylation is 2. The van der Waals surface area contributed by atoms with Crippen LogP contribution in [0.25, 0.3) is 0 Å². The van der Waals surface area contributed by atoms with Gasteiger partial charge in [0, 0.05) is 16.8 Å². The summed E-state index contributed by atoms with van der Waals surface area (Å²) >= 11 is 0. The lowest BCUT2D eigenvalue weighted by molar-refractivity contribution is -0.148. The van der Waals surface area contributed by atoms with Gasteiger partial charge in [0.15, 0.2) is 6.61 Å². The second kappa shape index (κ2) is 9.04. The summed E-state index contributed by atoms with van der Waals surface area (Å²) in [6.45, 7) is 3.75. The highest BCUT2D eigenvalue weighted by molar-refractivity contribution is 5.95. The number of carbonyl (C=O) groups excluding carboxylic acids is 2. The molecule has 5 nitrogen and oxygen atoms in total. The molecule has 5 heteroatoms. The molecule has 0 radical (unpaired) electrons. The van der Waals surface area contributed by atoms with Crippen molar-refractivity contribution in [3.8, 4) is 11.5 Å². The summed E-state index contributed by atoms with van der Waals surface area (Å²) in [6, 6.07) is 20.8. The molecule has 0 unspecified atom stereocenters. The van der Waals surface area contributed by atoms with Gasteiger partial charge in [0.05, 0.1) is 0 Å². The Morgan fingerprint density at radius 2 is 1.39 bits per heavy atom. The van der Waals surface area contributed by atoms with Crippen LogP contribution in [0.4, 0.5) is 5.69 Å². The minimum atomic E-state index is -0.636. The highest BCUT2D eigenvalue weighted by Gasteiger charge is 2.33. The minimum Gasteiger partial charge on any atom is -0.457 e. The fraction of sp³-hybridized carbons (Fsp3) is 0.231. The van der Waals surface area contributed by atoms with Crippen LogP contribution in [0.15, 0.2) is 66.7 Å². The molecule has 1 amide bonds. The van der Waals surface area contributed by atoms with Crippen LogP contribution < -0.4 is 10.1 Å². The van der Waals surface area contributed by atoms with Crippen molar-refractivity contribution in [3.63, 3.8) is 0 Å². The van der Waals surface area contributed by atoms with E-state index in [0.717, 1.165) is 40.8 Å². The Hall–Kier alpha value is -3.60. The Labute approximate surface area is 182 Å². The van der Waals surface area contributed by atoms with Crippen LogP contribution in [0.2, 0.25) is 0 Å². The molecule has 0 saturated heterocycles. The zero-order valence-electron chi connectivity index (χ0n) is 17.7. The lowest BCUT2D eigenvalue weighted by Crippen LogP contribution is -2.26. The second-order valence-electron chi connectivity index (χ2n) is 7.42. The molecule has 1 aliphatic rings. The first-order chi connectivity index (χ1) is 15.1. The molecular formula is C26H25NO4. The Balaban J connectivity index is 1.51. The van der Waals surface area contributed by atoms with Crippen LogP contribution in [-0.2, 0) is 27.2 Å². The molecule has 31 heavy (non-hydrogen) atoms. The van der Waals surface area contributed by atoms with Crippen molar-refractivity contribution in [1.29, 1.82) is 0 Å². The Morgan fingerprint density at radius 1 is 0.839 bits per heavy atom. The summed E-state index contributed by atoms with van der Waals surface area (Å²) < 4.78 is 11.4. The van der Waals surface area contributed by atoms with E-state index in [1.165, 1.54) is 0 Å². The fourth-order valence-corrected chi connectivity index (χ4v) is 3.96. The monoisotopic (exact) mass is 415 g/mol. The molecule has 3 aromatic rings. The number of amides is 1. The quantitative estimate of drug-likeness (QED) is 0.560. The first-order valence-corrected chi connectivity index (χ1v) is 10.5. The number of hydrogen-bond donors (Lipinski definition) is 1. The van der Waals surface area contributed by atoms with E-state index in [9.17, 15) is 9.59 Å². The molecular weight excluding hydrogens is 390 g/mol. The van der Waals surface area contributed by atoms with Gasteiger partial charge in [-0.05, 0) is 36.1 Å². The van der Waals surface area contributed by atoms with E-state index in [4.69, 9.17) is 9.47 Å². The maximum absolute atomic E-state index is 13.1. The highest BCUT2D eigenvalue weighted by Crippen LogP contribution is 2.44. The Bertz CT molecular complexity index is 1050. The average molecular weight is 415 g/mol. The molecule has 1 aliphatic heterocycles. The van der Waals surface area contributed by atoms with Crippen LogP contribution in [-0.4, -0.2) is 18.5 Å². The molecule has 0 aromatic heterocycles. The number of anilines is 1. The normalized spacial score (nSPS) is 12.3. The lowest BCUT2D eigenvalue weighted by atomic mass is 9.88. The van der Waals surface area contributed by atoms with Gasteiger partial charge in [0.1, 0.15) is 17.4 Å². The van der Waals surface area contributed by atoms with Gasteiger partial charge >= 0.3 is 5.97 Å². The van der Waals surface area contributed by atoms with Crippen LogP contribution in [0.3, 0.4) is 0 Å². The minimum absolute atomic E-state index is 0.346. The molecule has 0 atom stereocenters. The molecule has 1 N–H and O–H groups in total. The molecule has 0 fully saturated rings. The van der Waals surface area contributed by atoms with Crippen molar-refractivity contribution in [2.24, 2.45) is 0 Å². The lowest BCUT2D eigenvalue weighted by Gasteiger charge is -2.26. The smallest absolute Gasteiger partial charge is 0.318 e. The number of esters is 1. The van der Waals surface area contributed by atoms with Crippen LogP contribution >= 0.6 is 0 Å². The van der Waals surface area contributed by atoms with E-state index in [2.05, 4.69) is 5.32 Å². The molecule has 0 aliphatic carbocycles. The number of rotatable bonds is 6. The van der Waals surface area contributed by atoms with Crippen LogP contribution in [0.5, 0.6) is 11.5 Å². The third kappa shape index (κ3) is 4.17. The number of hydrogen-bond acceptors (Lipinski definition) is 4. The topological polar surface area (TPSA) is 64.6 Å². The van der Waals surface area contributed by atoms with Gasteiger partial charge in [-0.3, -0.25) is 9.59 Å². The number of benzene rings is 3. The molecule has 0 saturated carbocycles. The van der Waals surface area contributed by atoms with Crippen LogP contribution in [0.1, 0.15) is 42.0 Å². The predicted molar refractivity (Wildman–Crippen MR) is 120 cm³/mol. The van der Waals surface area contributed by atoms with Crippen LogP contribution in [0, 0.1) is 0 Å². The largest absolute Gasteiger partial charge is 0.457 e. The molecule has 3 aromatic carbocycles. The number of para-hydroxylation sites is 3. The van der Waals surface area contributed by atoms with Crippen molar-refractivity contribution in [3.05, 3.63) is 89.0 Å². The maximum Gasteiger partial charge on any atom is 0.318 e. The second-order valence-corrected chi connectivity index (χ2v) is 7.42. The molecule has 1 heterocycles. The Kier molecular flexibility index (Phi) is 6.03. The van der Waals surface area contributed by atoms with Crippen molar-refractivity contribution in [1.82, 2.24) is 0 Å². The highest BCUT2D eigenvalue weighted by atomic mass is 16.5. The molecule has 4 rings (SSSR count). The molecule has 0 bridgehead atoms. The third-order valence-electron chi connectivity index (χ3n) is 5.52. The van der Waals surface area contributed by atoms with Crippen molar-refractivity contribution < 1.29 is 19.1 Å². The standard InChI is InChI=1S/C26H25NO4/c1-3-17-10-9-11-18(4-2)25(17)27-23(28)16-30-26(29)24-19-12-5-7-14-21(19)31-22-15-8-6-13-20(22)24/h5-15,24H,3-4,16H2,1-2H3,(H,27,28). The van der Waals surface area contributed by atoms with Gasteiger partial charge in [-0.2, -0.15) is 0 Å². The Morgan fingerprint density at radius 3 is 1.94 bits per heavy atom. The summed E-state index contributed by atoms with van der Waals surface area (Å²) in [7, 11) is 0. The number of fused-ring (bicyclic) bond motifs is 2. The third-order valence-corrected chi connectivity index (χ3v) is 5.52. The number of nitrogens with one attached hydrogen (secondary N) is 1. The zero-order valence-corrected chi connectivity index (χ0v) is 17.7. The number of ether oxygens (including phenoxy) is 2. The summed E-state index contributed by atoms with van der Waals surface area (Å²) in [5.41, 5.74) is 4.40. The zero-order chi connectivity index (χ0) is 21.8. The summed E-state index contributed by atoms with van der Waals surface area (Å²) in [5.74, 6) is -0.215. The summed E-state index contributed by atoms with van der Waals surface area (Å²) in [5, 5.41) is 2.94. The fourth-order valence-electron chi connectivity index (χ4n) is 3.96. The average Bonchev–Trinajstić information content (AvgIpc) is 2.81. The van der Waals surface area contributed by atoms with E-state index in [1.807, 2.05) is 80.6 Å². The van der Waals surface area contributed by atoms with Gasteiger partial charge < -0.3 is 14.8 Å². The van der Waals surface area contributed by atoms with Crippen molar-refractivity contribution in [2.45, 2.75) is 32.6 Å². The summed E-state index contributed by atoms with van der Waals surface area (Å²) in [6.07, 6.45) is 1.61. The van der Waals surface area contributed by atoms with Gasteiger partial charge in [0.2, 0.25) is 0 Å².